The van der Waals surface area contributed by atoms with Crippen LogP contribution in [-0.4, -0.2) is 19.0 Å². The Kier molecular flexibility index (Phi) is 3.58. The van der Waals surface area contributed by atoms with Gasteiger partial charge in [-0.15, -0.1) is 0 Å². The third-order valence-electron chi connectivity index (χ3n) is 4.32. The van der Waals surface area contributed by atoms with E-state index in [9.17, 15) is 4.39 Å². The van der Waals surface area contributed by atoms with E-state index in [1.54, 1.807) is 12.1 Å². The fourth-order valence-corrected chi connectivity index (χ4v) is 3.30. The van der Waals surface area contributed by atoms with E-state index in [2.05, 4.69) is 43.3 Å². The zero-order valence-corrected chi connectivity index (χ0v) is 12.0. The molecule has 3 rings (SSSR count). The molecule has 20 heavy (non-hydrogen) atoms. The van der Waals surface area contributed by atoms with Crippen molar-refractivity contribution in [2.45, 2.75) is 24.8 Å². The lowest BCUT2D eigenvalue weighted by Gasteiger charge is -2.20. The molecule has 0 radical (unpaired) electrons. The van der Waals surface area contributed by atoms with Gasteiger partial charge in [0.05, 0.1) is 0 Å². The zero-order valence-electron chi connectivity index (χ0n) is 12.0. The molecule has 0 spiro atoms. The molecule has 2 heteroatoms. The maximum Gasteiger partial charge on any atom is 0.123 e. The van der Waals surface area contributed by atoms with Crippen molar-refractivity contribution in [2.75, 3.05) is 14.1 Å². The summed E-state index contributed by atoms with van der Waals surface area (Å²) >= 11 is 0. The highest BCUT2D eigenvalue weighted by Crippen LogP contribution is 2.43. The molecule has 0 aliphatic heterocycles. The molecule has 1 aliphatic carbocycles. The first-order valence-corrected chi connectivity index (χ1v) is 7.15. The van der Waals surface area contributed by atoms with Crippen LogP contribution in [0.5, 0.6) is 0 Å². The van der Waals surface area contributed by atoms with Crippen LogP contribution in [0.25, 0.3) is 0 Å². The molecule has 0 aromatic heterocycles. The van der Waals surface area contributed by atoms with Crippen molar-refractivity contribution < 1.29 is 4.39 Å². The van der Waals surface area contributed by atoms with Crippen LogP contribution in [0.2, 0.25) is 0 Å². The fraction of sp³-hybridized carbons (Fsp3) is 0.333. The molecule has 1 aliphatic rings. The highest BCUT2D eigenvalue weighted by molar-refractivity contribution is 5.39. The first kappa shape index (κ1) is 13.3. The maximum atomic E-state index is 13.0. The standard InChI is InChI=1S/C18H20FN/c1-20(2)18-12-14(16-5-3-4-6-17(16)18)11-13-7-9-15(19)10-8-13/h3-10,14,18H,11-12H2,1-2H3/t14-,18-/m1/s1. The summed E-state index contributed by atoms with van der Waals surface area (Å²) in [5.74, 6) is 0.371. The second kappa shape index (κ2) is 5.37. The van der Waals surface area contributed by atoms with Crippen molar-refractivity contribution in [3.8, 4) is 0 Å². The van der Waals surface area contributed by atoms with Gasteiger partial charge in [0.1, 0.15) is 5.82 Å². The largest absolute Gasteiger partial charge is 0.302 e. The number of nitrogens with zero attached hydrogens (tertiary/aromatic N) is 1. The summed E-state index contributed by atoms with van der Waals surface area (Å²) in [4.78, 5) is 2.30. The summed E-state index contributed by atoms with van der Waals surface area (Å²) in [6.07, 6.45) is 2.13. The summed E-state index contributed by atoms with van der Waals surface area (Å²) in [5, 5.41) is 0. The van der Waals surface area contributed by atoms with Crippen LogP contribution in [-0.2, 0) is 6.42 Å². The fourth-order valence-electron chi connectivity index (χ4n) is 3.30. The molecular formula is C18H20FN. The summed E-state index contributed by atoms with van der Waals surface area (Å²) in [5.41, 5.74) is 4.12. The number of rotatable bonds is 3. The molecule has 0 unspecified atom stereocenters. The van der Waals surface area contributed by atoms with Gasteiger partial charge >= 0.3 is 0 Å². The molecule has 104 valence electrons. The Morgan fingerprint density at radius 1 is 1.00 bits per heavy atom. The molecule has 2 aromatic carbocycles. The van der Waals surface area contributed by atoms with Crippen molar-refractivity contribution in [2.24, 2.45) is 0 Å². The average Bonchev–Trinajstić information content (AvgIpc) is 2.81. The number of hydrogen-bond donors (Lipinski definition) is 0. The van der Waals surface area contributed by atoms with Gasteiger partial charge in [-0.05, 0) is 61.7 Å². The molecule has 1 nitrogen and oxygen atoms in total. The van der Waals surface area contributed by atoms with Gasteiger partial charge in [0, 0.05) is 6.04 Å². The topological polar surface area (TPSA) is 3.24 Å². The smallest absolute Gasteiger partial charge is 0.123 e. The van der Waals surface area contributed by atoms with Crippen LogP contribution in [0.15, 0.2) is 48.5 Å². The first-order chi connectivity index (χ1) is 9.65. The van der Waals surface area contributed by atoms with Gasteiger partial charge in [-0.3, -0.25) is 0 Å². The average molecular weight is 269 g/mol. The summed E-state index contributed by atoms with van der Waals surface area (Å²) in [7, 11) is 4.28. The van der Waals surface area contributed by atoms with Crippen LogP contribution < -0.4 is 0 Å². The van der Waals surface area contributed by atoms with Crippen LogP contribution in [0.1, 0.15) is 35.1 Å². The van der Waals surface area contributed by atoms with E-state index in [1.807, 2.05) is 12.1 Å². The van der Waals surface area contributed by atoms with Gasteiger partial charge in [-0.1, -0.05) is 36.4 Å². The molecule has 2 aromatic rings. The van der Waals surface area contributed by atoms with E-state index in [4.69, 9.17) is 0 Å². The minimum absolute atomic E-state index is 0.160. The van der Waals surface area contributed by atoms with E-state index >= 15 is 0 Å². The van der Waals surface area contributed by atoms with E-state index in [-0.39, 0.29) is 5.82 Å². The maximum absolute atomic E-state index is 13.0. The Bertz CT molecular complexity index is 589. The lowest BCUT2D eigenvalue weighted by molar-refractivity contribution is 0.288. The van der Waals surface area contributed by atoms with Crippen molar-refractivity contribution in [1.29, 1.82) is 0 Å². The minimum Gasteiger partial charge on any atom is -0.302 e. The minimum atomic E-state index is -0.160. The summed E-state index contributed by atoms with van der Waals surface area (Å²) < 4.78 is 13.0. The predicted octanol–water partition coefficient (Wildman–Crippen LogP) is 4.16. The van der Waals surface area contributed by atoms with Gasteiger partial charge < -0.3 is 4.90 Å². The second-order valence-corrected chi connectivity index (χ2v) is 5.87. The summed E-state index contributed by atoms with van der Waals surface area (Å²) in [6.45, 7) is 0. The Balaban J connectivity index is 1.86. The molecule has 0 heterocycles. The Hall–Kier alpha value is -1.67. The van der Waals surface area contributed by atoms with Crippen LogP contribution in [0.4, 0.5) is 4.39 Å². The molecule has 0 saturated carbocycles. The molecule has 0 saturated heterocycles. The van der Waals surface area contributed by atoms with E-state index in [0.29, 0.717) is 12.0 Å². The number of halogens is 1. The Labute approximate surface area is 120 Å². The first-order valence-electron chi connectivity index (χ1n) is 7.15. The van der Waals surface area contributed by atoms with Crippen molar-refractivity contribution in [3.05, 3.63) is 71.0 Å². The molecule has 0 fully saturated rings. The van der Waals surface area contributed by atoms with Gasteiger partial charge in [0.15, 0.2) is 0 Å². The highest BCUT2D eigenvalue weighted by atomic mass is 19.1. The molecular weight excluding hydrogens is 249 g/mol. The molecule has 0 bridgehead atoms. The van der Waals surface area contributed by atoms with Crippen LogP contribution >= 0.6 is 0 Å². The van der Waals surface area contributed by atoms with Crippen molar-refractivity contribution in [1.82, 2.24) is 4.90 Å². The second-order valence-electron chi connectivity index (χ2n) is 5.87. The van der Waals surface area contributed by atoms with Crippen LogP contribution in [0.3, 0.4) is 0 Å². The van der Waals surface area contributed by atoms with Gasteiger partial charge in [-0.25, -0.2) is 4.39 Å². The zero-order chi connectivity index (χ0) is 14.1. The Morgan fingerprint density at radius 2 is 1.65 bits per heavy atom. The third-order valence-corrected chi connectivity index (χ3v) is 4.32. The van der Waals surface area contributed by atoms with Gasteiger partial charge in [-0.2, -0.15) is 0 Å². The van der Waals surface area contributed by atoms with E-state index in [0.717, 1.165) is 12.8 Å². The third kappa shape index (κ3) is 2.48. The van der Waals surface area contributed by atoms with E-state index < -0.39 is 0 Å². The molecule has 0 N–H and O–H groups in total. The molecule has 0 amide bonds. The number of fused-ring (bicyclic) bond motifs is 1. The summed E-state index contributed by atoms with van der Waals surface area (Å²) in [6, 6.07) is 16.1. The number of benzene rings is 2. The van der Waals surface area contributed by atoms with Crippen molar-refractivity contribution in [3.63, 3.8) is 0 Å². The lowest BCUT2D eigenvalue weighted by atomic mass is 9.93. The number of hydrogen-bond acceptors (Lipinski definition) is 1. The Morgan fingerprint density at radius 3 is 2.30 bits per heavy atom. The van der Waals surface area contributed by atoms with Crippen molar-refractivity contribution >= 4 is 0 Å². The van der Waals surface area contributed by atoms with Gasteiger partial charge in [0.2, 0.25) is 0 Å². The highest BCUT2D eigenvalue weighted by Gasteiger charge is 2.31. The molecule has 2 atom stereocenters. The quantitative estimate of drug-likeness (QED) is 0.808. The van der Waals surface area contributed by atoms with Gasteiger partial charge in [0.25, 0.3) is 0 Å². The van der Waals surface area contributed by atoms with Crippen LogP contribution in [0, 0.1) is 5.82 Å². The lowest BCUT2D eigenvalue weighted by Crippen LogP contribution is -2.17. The SMILES string of the molecule is CN(C)[C@@H]1C[C@@H](Cc2ccc(F)cc2)c2ccccc21. The monoisotopic (exact) mass is 269 g/mol. The van der Waals surface area contributed by atoms with E-state index in [1.165, 1.54) is 16.7 Å². The predicted molar refractivity (Wildman–Crippen MR) is 80.3 cm³/mol. The normalized spacial score (nSPS) is 21.2.